The van der Waals surface area contributed by atoms with Crippen molar-refractivity contribution in [3.05, 3.63) is 12.7 Å². The molecule has 0 aromatic heterocycles. The molecule has 4 nitrogen and oxygen atoms in total. The first-order valence-corrected chi connectivity index (χ1v) is 8.62. The fourth-order valence-corrected chi connectivity index (χ4v) is 4.79. The molecule has 0 saturated carbocycles. The van der Waals surface area contributed by atoms with Gasteiger partial charge in [-0.3, -0.25) is 11.3 Å². The number of hydrazine groups is 1. The van der Waals surface area contributed by atoms with Gasteiger partial charge in [-0.05, 0) is 32.1 Å². The van der Waals surface area contributed by atoms with E-state index < -0.39 is 9.84 Å². The number of hydrogen-bond donors (Lipinski definition) is 2. The summed E-state index contributed by atoms with van der Waals surface area (Å²) < 4.78 is 24.0. The van der Waals surface area contributed by atoms with Gasteiger partial charge in [0.15, 0.2) is 9.84 Å². The Morgan fingerprint density at radius 3 is 2.72 bits per heavy atom. The average molecular weight is 274 g/mol. The summed E-state index contributed by atoms with van der Waals surface area (Å²) in [6.45, 7) is 3.69. The number of rotatable bonds is 8. The molecule has 0 bridgehead atoms. The first-order valence-electron chi connectivity index (χ1n) is 6.90. The number of sulfone groups is 1. The van der Waals surface area contributed by atoms with Gasteiger partial charge in [0.25, 0.3) is 0 Å². The quantitative estimate of drug-likeness (QED) is 0.307. The fourth-order valence-electron chi connectivity index (χ4n) is 2.64. The molecule has 1 heterocycles. The second kappa shape index (κ2) is 7.92. The van der Waals surface area contributed by atoms with Gasteiger partial charge in [-0.15, -0.1) is 6.58 Å². The minimum Gasteiger partial charge on any atom is -0.271 e. The molecule has 1 fully saturated rings. The Morgan fingerprint density at radius 1 is 1.33 bits per heavy atom. The third-order valence-electron chi connectivity index (χ3n) is 3.72. The molecule has 0 aromatic carbocycles. The van der Waals surface area contributed by atoms with Crippen molar-refractivity contribution in [3.63, 3.8) is 0 Å². The SMILES string of the molecule is C=CCCCCCC(NN)C1CCCCS1(=O)=O. The van der Waals surface area contributed by atoms with Gasteiger partial charge in [-0.25, -0.2) is 8.42 Å². The first kappa shape index (κ1) is 15.7. The lowest BCUT2D eigenvalue weighted by Gasteiger charge is -2.29. The zero-order valence-corrected chi connectivity index (χ0v) is 11.9. The van der Waals surface area contributed by atoms with Crippen molar-refractivity contribution in [2.45, 2.75) is 62.7 Å². The molecular formula is C13H26N2O2S. The summed E-state index contributed by atoms with van der Waals surface area (Å²) in [7, 11) is -2.94. The van der Waals surface area contributed by atoms with Crippen LogP contribution in [0, 0.1) is 0 Å². The molecule has 0 aromatic rings. The minimum atomic E-state index is -2.94. The van der Waals surface area contributed by atoms with Crippen molar-refractivity contribution in [1.82, 2.24) is 5.43 Å². The van der Waals surface area contributed by atoms with Crippen molar-refractivity contribution in [3.8, 4) is 0 Å². The van der Waals surface area contributed by atoms with Crippen LogP contribution in [0.1, 0.15) is 51.4 Å². The molecule has 18 heavy (non-hydrogen) atoms. The van der Waals surface area contributed by atoms with Crippen molar-refractivity contribution >= 4 is 9.84 Å². The van der Waals surface area contributed by atoms with Crippen LogP contribution >= 0.6 is 0 Å². The maximum absolute atomic E-state index is 12.0. The van der Waals surface area contributed by atoms with Crippen LogP contribution in [-0.2, 0) is 9.84 Å². The van der Waals surface area contributed by atoms with E-state index in [-0.39, 0.29) is 11.3 Å². The van der Waals surface area contributed by atoms with Crippen LogP contribution in [0.4, 0.5) is 0 Å². The fraction of sp³-hybridized carbons (Fsp3) is 0.846. The lowest BCUT2D eigenvalue weighted by atomic mass is 10.0. The van der Waals surface area contributed by atoms with Crippen LogP contribution in [0.15, 0.2) is 12.7 Å². The van der Waals surface area contributed by atoms with Gasteiger partial charge in [0.05, 0.1) is 11.0 Å². The molecule has 0 radical (unpaired) electrons. The zero-order valence-electron chi connectivity index (χ0n) is 11.1. The van der Waals surface area contributed by atoms with Crippen LogP contribution in [0.2, 0.25) is 0 Å². The van der Waals surface area contributed by atoms with Gasteiger partial charge >= 0.3 is 0 Å². The highest BCUT2D eigenvalue weighted by Gasteiger charge is 2.34. The maximum Gasteiger partial charge on any atom is 0.154 e. The van der Waals surface area contributed by atoms with E-state index >= 15 is 0 Å². The maximum atomic E-state index is 12.0. The molecule has 0 aliphatic carbocycles. The minimum absolute atomic E-state index is 0.0842. The Hall–Kier alpha value is -0.390. The van der Waals surface area contributed by atoms with Crippen molar-refractivity contribution < 1.29 is 8.42 Å². The number of nitrogens with one attached hydrogen (secondary N) is 1. The van der Waals surface area contributed by atoms with E-state index in [4.69, 9.17) is 5.84 Å². The number of hydrogen-bond acceptors (Lipinski definition) is 4. The predicted molar refractivity (Wildman–Crippen MR) is 75.8 cm³/mol. The standard InChI is InChI=1S/C13H26N2O2S/c1-2-3-4-5-6-9-12(15-14)13-10-7-8-11-18(13,16)17/h2,12-13,15H,1,3-11,14H2. The van der Waals surface area contributed by atoms with Gasteiger partial charge < -0.3 is 0 Å². The summed E-state index contributed by atoms with van der Waals surface area (Å²) in [6, 6.07) is -0.0842. The Kier molecular flexibility index (Phi) is 6.89. The van der Waals surface area contributed by atoms with Gasteiger partial charge in [0.1, 0.15) is 0 Å². The van der Waals surface area contributed by atoms with Gasteiger partial charge in [-0.2, -0.15) is 0 Å². The number of unbranched alkanes of at least 4 members (excludes halogenated alkanes) is 3. The van der Waals surface area contributed by atoms with Gasteiger partial charge in [-0.1, -0.05) is 25.3 Å². The number of nitrogens with two attached hydrogens (primary N) is 1. The van der Waals surface area contributed by atoms with Crippen LogP contribution in [0.25, 0.3) is 0 Å². The summed E-state index contributed by atoms with van der Waals surface area (Å²) in [5.41, 5.74) is 2.72. The molecular weight excluding hydrogens is 248 g/mol. The van der Waals surface area contributed by atoms with E-state index in [2.05, 4.69) is 12.0 Å². The monoisotopic (exact) mass is 274 g/mol. The number of allylic oxidation sites excluding steroid dienone is 1. The smallest absolute Gasteiger partial charge is 0.154 e. The molecule has 2 atom stereocenters. The molecule has 2 unspecified atom stereocenters. The molecule has 0 spiro atoms. The van der Waals surface area contributed by atoms with Crippen molar-refractivity contribution in [2.24, 2.45) is 5.84 Å². The summed E-state index contributed by atoms with van der Waals surface area (Å²) >= 11 is 0. The van der Waals surface area contributed by atoms with E-state index in [1.165, 1.54) is 0 Å². The van der Waals surface area contributed by atoms with Crippen molar-refractivity contribution in [2.75, 3.05) is 5.75 Å². The highest BCUT2D eigenvalue weighted by molar-refractivity contribution is 7.92. The Bertz CT molecular complexity index is 341. The van der Waals surface area contributed by atoms with E-state index in [1.54, 1.807) is 0 Å². The predicted octanol–water partition coefficient (Wildman–Crippen LogP) is 1.92. The molecule has 1 saturated heterocycles. The van der Waals surface area contributed by atoms with E-state index in [0.29, 0.717) is 5.75 Å². The topological polar surface area (TPSA) is 72.2 Å². The summed E-state index contributed by atoms with van der Waals surface area (Å²) in [4.78, 5) is 0. The van der Waals surface area contributed by atoms with E-state index in [0.717, 1.165) is 51.4 Å². The van der Waals surface area contributed by atoms with Crippen LogP contribution in [0.5, 0.6) is 0 Å². The molecule has 106 valence electrons. The van der Waals surface area contributed by atoms with Crippen LogP contribution in [0.3, 0.4) is 0 Å². The highest BCUT2D eigenvalue weighted by Crippen LogP contribution is 2.24. The summed E-state index contributed by atoms with van der Waals surface area (Å²) in [6.07, 6.45) is 9.60. The van der Waals surface area contributed by atoms with Crippen LogP contribution in [-0.4, -0.2) is 25.5 Å². The molecule has 1 aliphatic rings. The van der Waals surface area contributed by atoms with E-state index in [9.17, 15) is 8.42 Å². The first-order chi connectivity index (χ1) is 8.61. The molecule has 3 N–H and O–H groups in total. The Morgan fingerprint density at radius 2 is 2.11 bits per heavy atom. The Labute approximate surface area is 111 Å². The van der Waals surface area contributed by atoms with E-state index in [1.807, 2.05) is 6.08 Å². The normalized spacial score (nSPS) is 24.6. The lowest BCUT2D eigenvalue weighted by molar-refractivity contribution is 0.409. The third-order valence-corrected chi connectivity index (χ3v) is 6.06. The summed E-state index contributed by atoms with van der Waals surface area (Å²) in [5.74, 6) is 5.86. The second-order valence-corrected chi connectivity index (χ2v) is 7.44. The largest absolute Gasteiger partial charge is 0.271 e. The van der Waals surface area contributed by atoms with Crippen LogP contribution < -0.4 is 11.3 Å². The second-order valence-electron chi connectivity index (χ2n) is 5.10. The van der Waals surface area contributed by atoms with Gasteiger partial charge in [0, 0.05) is 6.04 Å². The summed E-state index contributed by atoms with van der Waals surface area (Å²) in [5, 5.41) is -0.282. The molecule has 5 heteroatoms. The zero-order chi connectivity index (χ0) is 13.4. The van der Waals surface area contributed by atoms with Crippen molar-refractivity contribution in [1.29, 1.82) is 0 Å². The molecule has 0 amide bonds. The molecule has 1 aliphatic heterocycles. The highest BCUT2D eigenvalue weighted by atomic mass is 32.2. The molecule has 1 rings (SSSR count). The third kappa shape index (κ3) is 4.71. The average Bonchev–Trinajstić information content (AvgIpc) is 2.34. The lowest BCUT2D eigenvalue weighted by Crippen LogP contribution is -2.49. The Balaban J connectivity index is 2.42. The van der Waals surface area contributed by atoms with Gasteiger partial charge in [0.2, 0.25) is 0 Å².